The summed E-state index contributed by atoms with van der Waals surface area (Å²) >= 11 is 0. The van der Waals surface area contributed by atoms with Crippen LogP contribution in [0.2, 0.25) is 0 Å². The maximum Gasteiger partial charge on any atom is 0.149 e. The van der Waals surface area contributed by atoms with Crippen molar-refractivity contribution in [2.24, 2.45) is 0 Å². The minimum Gasteiger partial charge on any atom is -0.507 e. The number of nitrogens with zero attached hydrogens (tertiary/aromatic N) is 3. The van der Waals surface area contributed by atoms with Gasteiger partial charge in [-0.05, 0) is 151 Å². The Balaban J connectivity index is 1.40. The van der Waals surface area contributed by atoms with Crippen molar-refractivity contribution >= 4 is 11.0 Å². The summed E-state index contributed by atoms with van der Waals surface area (Å²) in [7, 11) is 0. The van der Waals surface area contributed by atoms with E-state index in [4.69, 9.17) is 38.8 Å². The van der Waals surface area contributed by atoms with E-state index >= 15 is 0 Å². The number of pyridine rings is 1. The van der Waals surface area contributed by atoms with Gasteiger partial charge in [-0.2, -0.15) is 0 Å². The second-order valence-electron chi connectivity index (χ2n) is 19.1. The average molecular weight is 964 g/mol. The van der Waals surface area contributed by atoms with Crippen molar-refractivity contribution in [2.75, 3.05) is 0 Å². The van der Waals surface area contributed by atoms with Crippen molar-refractivity contribution < 1.29 is 38.0 Å². The standard InChI is InChI=1S/C68H65N3O/c1-43-28-30-46(31-29-43)48-34-35-69-59(40-48)52-38-50(45-20-14-12-15-21-45)37-51(39-52)55-25-19-27-61-63(55)70-65(56-41-53(66(3,4)5)42-58(64(56)72)68(9,10)11)71(61)60-33-32-49(36-44(60)2)62-54(47-22-16-13-17-23-47)24-18-26-57(62)67(6,7)8/h12-42,72H,1-11H3/i1D3,2D3,3D3,4D3,5D3,9D3,10D3,11D3. The number of rotatable bonds is 8. The van der Waals surface area contributed by atoms with Gasteiger partial charge in [0.15, 0.2) is 0 Å². The van der Waals surface area contributed by atoms with Crippen LogP contribution in [0.1, 0.15) is 123 Å². The molecule has 0 amide bonds. The smallest absolute Gasteiger partial charge is 0.149 e. The highest BCUT2D eigenvalue weighted by molar-refractivity contribution is 5.98. The summed E-state index contributed by atoms with van der Waals surface area (Å²) in [6.45, 7) is -24.7. The van der Waals surface area contributed by atoms with Gasteiger partial charge in [0.1, 0.15) is 11.6 Å². The highest BCUT2D eigenvalue weighted by Crippen LogP contribution is 2.47. The molecule has 358 valence electrons. The predicted octanol–water partition coefficient (Wildman–Crippen LogP) is 18.3. The number of fused-ring (bicyclic) bond motifs is 1. The summed E-state index contributed by atoms with van der Waals surface area (Å²) in [5, 5.41) is 13.2. The Morgan fingerprint density at radius 1 is 0.472 bits per heavy atom. The zero-order valence-corrected chi connectivity index (χ0v) is 39.7. The van der Waals surface area contributed by atoms with E-state index in [1.807, 2.05) is 112 Å². The molecular weight excluding hydrogens is 875 g/mol. The Kier molecular flexibility index (Phi) is 6.94. The molecule has 2 heterocycles. The maximum absolute atomic E-state index is 13.2. The van der Waals surface area contributed by atoms with Crippen molar-refractivity contribution in [3.05, 3.63) is 216 Å². The van der Waals surface area contributed by atoms with Gasteiger partial charge in [0, 0.05) is 55.8 Å². The van der Waals surface area contributed by atoms with Crippen LogP contribution in [0.3, 0.4) is 0 Å². The Hall–Kier alpha value is -7.82. The van der Waals surface area contributed by atoms with Gasteiger partial charge in [-0.15, -0.1) is 0 Å². The van der Waals surface area contributed by atoms with Gasteiger partial charge in [0.25, 0.3) is 0 Å². The van der Waals surface area contributed by atoms with Crippen LogP contribution in [0.25, 0.3) is 95.0 Å². The predicted molar refractivity (Wildman–Crippen MR) is 304 cm³/mol. The molecule has 0 atom stereocenters. The third kappa shape index (κ3) is 9.19. The van der Waals surface area contributed by atoms with Crippen molar-refractivity contribution in [2.45, 2.75) is 91.8 Å². The second-order valence-corrected chi connectivity index (χ2v) is 19.1. The van der Waals surface area contributed by atoms with Crippen LogP contribution in [0.5, 0.6) is 5.75 Å². The van der Waals surface area contributed by atoms with E-state index in [0.29, 0.717) is 50.7 Å². The Morgan fingerprint density at radius 3 is 1.85 bits per heavy atom. The lowest BCUT2D eigenvalue weighted by molar-refractivity contribution is 0.446. The Bertz CT molecular complexity index is 4490. The number of hydrogen-bond donors (Lipinski definition) is 1. The molecule has 4 heteroatoms. The summed E-state index contributed by atoms with van der Waals surface area (Å²) < 4.78 is 213. The Morgan fingerprint density at radius 2 is 1.14 bits per heavy atom. The molecule has 10 rings (SSSR count). The summed E-state index contributed by atoms with van der Waals surface area (Å²) in [6.07, 6.45) is 1.58. The number of aromatic nitrogens is 3. The summed E-state index contributed by atoms with van der Waals surface area (Å²) in [5.41, 5.74) is -5.86. The van der Waals surface area contributed by atoms with E-state index in [2.05, 4.69) is 0 Å². The fourth-order valence-electron chi connectivity index (χ4n) is 9.46. The molecule has 0 spiro atoms. The molecule has 4 nitrogen and oxygen atoms in total. The van der Waals surface area contributed by atoms with Crippen molar-refractivity contribution in [1.82, 2.24) is 14.5 Å². The molecule has 1 N–H and O–H groups in total. The number of imidazole rings is 1. The van der Waals surface area contributed by atoms with Gasteiger partial charge in [-0.1, -0.05) is 195 Å². The van der Waals surface area contributed by atoms with E-state index in [0.717, 1.165) is 22.3 Å². The summed E-state index contributed by atoms with van der Waals surface area (Å²) in [6, 6.07) is 49.7. The van der Waals surface area contributed by atoms with E-state index in [1.165, 1.54) is 34.9 Å². The van der Waals surface area contributed by atoms with Gasteiger partial charge < -0.3 is 5.11 Å². The van der Waals surface area contributed by atoms with E-state index in [9.17, 15) is 9.22 Å². The van der Waals surface area contributed by atoms with Crippen LogP contribution < -0.4 is 0 Å². The van der Waals surface area contributed by atoms with Crippen LogP contribution in [0.4, 0.5) is 0 Å². The van der Waals surface area contributed by atoms with E-state index < -0.39 is 105 Å². The van der Waals surface area contributed by atoms with Gasteiger partial charge in [0.05, 0.1) is 28.0 Å². The fraction of sp³-hybridized carbons (Fsp3) is 0.206. The monoisotopic (exact) mass is 964 g/mol. The van der Waals surface area contributed by atoms with E-state index in [1.54, 1.807) is 54.7 Å². The minimum atomic E-state index is -4.28. The molecule has 0 aliphatic carbocycles. The molecule has 2 aromatic heterocycles. The van der Waals surface area contributed by atoms with Crippen LogP contribution in [0.15, 0.2) is 188 Å². The normalized spacial score (nSPS) is 18.5. The maximum atomic E-state index is 13.2. The first-order valence-electron chi connectivity index (χ1n) is 35.3. The molecule has 0 radical (unpaired) electrons. The fourth-order valence-corrected chi connectivity index (χ4v) is 9.46. The van der Waals surface area contributed by atoms with Gasteiger partial charge >= 0.3 is 0 Å². The molecule has 8 aromatic carbocycles. The third-order valence-electron chi connectivity index (χ3n) is 13.0. The number of benzene rings is 8. The van der Waals surface area contributed by atoms with Crippen molar-refractivity contribution in [3.63, 3.8) is 0 Å². The first-order chi connectivity index (χ1) is 44.3. The molecule has 0 unspecified atom stereocenters. The molecule has 10 aromatic rings. The minimum absolute atomic E-state index is 0.0121. The zero-order chi connectivity index (χ0) is 70.7. The van der Waals surface area contributed by atoms with Gasteiger partial charge in [0.2, 0.25) is 0 Å². The second kappa shape index (κ2) is 18.4. The number of hydrogen-bond acceptors (Lipinski definition) is 3. The number of para-hydroxylation sites is 1. The van der Waals surface area contributed by atoms with Crippen LogP contribution >= 0.6 is 0 Å². The lowest BCUT2D eigenvalue weighted by Crippen LogP contribution is -2.17. The largest absolute Gasteiger partial charge is 0.507 e. The molecule has 0 fully saturated rings. The number of phenols is 1. The lowest BCUT2D eigenvalue weighted by atomic mass is 9.78. The molecular formula is C68H65N3O. The molecule has 0 saturated heterocycles. The van der Waals surface area contributed by atoms with Crippen LogP contribution in [0, 0.1) is 13.7 Å². The molecule has 0 aliphatic rings. The third-order valence-corrected chi connectivity index (χ3v) is 13.0. The number of phenolic OH excluding ortho intramolecular Hbond substituents is 1. The lowest BCUT2D eigenvalue weighted by Gasteiger charge is -2.28. The van der Waals surface area contributed by atoms with Gasteiger partial charge in [-0.3, -0.25) is 9.55 Å². The van der Waals surface area contributed by atoms with Gasteiger partial charge in [-0.25, -0.2) is 4.98 Å². The average Bonchev–Trinajstić information content (AvgIpc) is 0.815. The highest BCUT2D eigenvalue weighted by atomic mass is 16.3. The van der Waals surface area contributed by atoms with E-state index in [-0.39, 0.29) is 33.9 Å². The highest BCUT2D eigenvalue weighted by Gasteiger charge is 2.30. The Labute approximate surface area is 460 Å². The van der Waals surface area contributed by atoms with Crippen LogP contribution in [-0.2, 0) is 16.2 Å². The molecule has 0 aliphatic heterocycles. The first kappa shape index (κ1) is 27.1. The molecule has 72 heavy (non-hydrogen) atoms. The topological polar surface area (TPSA) is 50.9 Å². The zero-order valence-electron chi connectivity index (χ0n) is 63.7. The van der Waals surface area contributed by atoms with Crippen molar-refractivity contribution in [1.29, 1.82) is 0 Å². The molecule has 0 bridgehead atoms. The number of aromatic hydroxyl groups is 1. The van der Waals surface area contributed by atoms with Crippen LogP contribution in [-0.4, -0.2) is 19.6 Å². The quantitative estimate of drug-likeness (QED) is 0.165. The molecule has 0 saturated carbocycles. The summed E-state index contributed by atoms with van der Waals surface area (Å²) in [5.74, 6) is -2.22. The van der Waals surface area contributed by atoms with Crippen molar-refractivity contribution in [3.8, 4) is 89.7 Å². The summed E-state index contributed by atoms with van der Waals surface area (Å²) in [4.78, 5) is 9.88. The first-order valence-corrected chi connectivity index (χ1v) is 23.3. The number of aryl methyl sites for hydroxylation is 2. The SMILES string of the molecule is [2H]C([2H])([2H])c1ccc(-c2ccnc(-c3cc(-c4ccccc4)cc(-c4cccc5c4nc(-c4cc(C(C([2H])([2H])[2H])(C([2H])([2H])[2H])C([2H])([2H])[2H])cc(C(C([2H])([2H])[2H])(C([2H])([2H])[2H])C([2H])([2H])[2H])c4O)n5-c4ccc(-c5c(-c6ccccc6)cccc5C(C)(C)C)cc4C([2H])([2H])[2H])c3)c2)cc1.